The number of anilines is 1. The summed E-state index contributed by atoms with van der Waals surface area (Å²) in [7, 11) is -4.07. The van der Waals surface area contributed by atoms with Crippen LogP contribution in [0.3, 0.4) is 0 Å². The molecule has 0 radical (unpaired) electrons. The highest BCUT2D eigenvalue weighted by Gasteiger charge is 2.28. The van der Waals surface area contributed by atoms with Crippen LogP contribution in [0.25, 0.3) is 0 Å². The summed E-state index contributed by atoms with van der Waals surface area (Å²) in [6.45, 7) is 3.01. The molecular weight excluding hydrogens is 453 g/mol. The van der Waals surface area contributed by atoms with Gasteiger partial charge in [-0.15, -0.1) is 0 Å². The minimum atomic E-state index is -4.07. The molecule has 3 aromatic rings. The van der Waals surface area contributed by atoms with Crippen LogP contribution in [0.1, 0.15) is 16.7 Å². The molecule has 0 fully saturated rings. The Hall–Kier alpha value is -3.23. The number of rotatable bonds is 7. The lowest BCUT2D eigenvalue weighted by molar-refractivity contribution is -0.119. The summed E-state index contributed by atoms with van der Waals surface area (Å²) >= 11 is 6.20. The van der Waals surface area contributed by atoms with Crippen LogP contribution in [-0.2, 0) is 14.8 Å². The molecule has 0 aromatic heterocycles. The maximum absolute atomic E-state index is 13.4. The zero-order valence-electron chi connectivity index (χ0n) is 17.4. The summed E-state index contributed by atoms with van der Waals surface area (Å²) in [6, 6.07) is 16.7. The largest absolute Gasteiger partial charge is 0.271 e. The standard InChI is InChI=1S/C23H21ClFN3O3S/c1-16-6-12-20(13-7-16)32(30,31)28(22-5-3-4-21(24)17(22)2)15-23(29)27-26-14-18-8-10-19(25)11-9-18/h3-14H,15H2,1-2H3,(H,27,29)/b26-14-. The lowest BCUT2D eigenvalue weighted by Crippen LogP contribution is -2.40. The molecule has 1 amide bonds. The van der Waals surface area contributed by atoms with Crippen LogP contribution in [-0.4, -0.2) is 27.1 Å². The highest BCUT2D eigenvalue weighted by Crippen LogP contribution is 2.30. The SMILES string of the molecule is Cc1ccc(S(=O)(=O)N(CC(=O)N/N=C\c2ccc(F)cc2)c2cccc(Cl)c2C)cc1. The molecule has 1 N–H and O–H groups in total. The van der Waals surface area contributed by atoms with E-state index in [0.717, 1.165) is 9.87 Å². The molecular formula is C23H21ClFN3O3S. The third-order valence-corrected chi connectivity index (χ3v) is 6.86. The number of hydrogen-bond donors (Lipinski definition) is 1. The van der Waals surface area contributed by atoms with Gasteiger partial charge in [0.25, 0.3) is 15.9 Å². The molecule has 0 unspecified atom stereocenters. The van der Waals surface area contributed by atoms with Gasteiger partial charge in [-0.25, -0.2) is 18.2 Å². The van der Waals surface area contributed by atoms with Crippen molar-refractivity contribution in [3.8, 4) is 0 Å². The van der Waals surface area contributed by atoms with Gasteiger partial charge in [-0.05, 0) is 61.4 Å². The Kier molecular flexibility index (Phi) is 7.27. The van der Waals surface area contributed by atoms with Crippen molar-refractivity contribution in [1.29, 1.82) is 0 Å². The number of hydrogen-bond acceptors (Lipinski definition) is 4. The third-order valence-electron chi connectivity index (χ3n) is 4.68. The first kappa shape index (κ1) is 23.4. The number of carbonyl (C=O) groups excluding carboxylic acids is 1. The number of nitrogens with one attached hydrogen (secondary N) is 1. The number of hydrazone groups is 1. The molecule has 3 rings (SSSR count). The quantitative estimate of drug-likeness (QED) is 0.407. The average Bonchev–Trinajstić information content (AvgIpc) is 2.76. The van der Waals surface area contributed by atoms with E-state index in [9.17, 15) is 17.6 Å². The van der Waals surface area contributed by atoms with E-state index in [0.29, 0.717) is 16.1 Å². The molecule has 0 atom stereocenters. The summed E-state index contributed by atoms with van der Waals surface area (Å²) in [5, 5.41) is 4.21. The van der Waals surface area contributed by atoms with Crippen LogP contribution >= 0.6 is 11.6 Å². The molecule has 0 aliphatic heterocycles. The van der Waals surface area contributed by atoms with Crippen molar-refractivity contribution in [2.75, 3.05) is 10.8 Å². The van der Waals surface area contributed by atoms with Gasteiger partial charge in [0.1, 0.15) is 12.4 Å². The van der Waals surface area contributed by atoms with Crippen molar-refractivity contribution in [3.63, 3.8) is 0 Å². The molecule has 166 valence electrons. The summed E-state index contributed by atoms with van der Waals surface area (Å²) in [5.74, 6) is -1.04. The van der Waals surface area contributed by atoms with Crippen LogP contribution in [0.15, 0.2) is 76.7 Å². The number of halogens is 2. The summed E-state index contributed by atoms with van der Waals surface area (Å²) in [6.07, 6.45) is 1.33. The maximum Gasteiger partial charge on any atom is 0.264 e. The summed E-state index contributed by atoms with van der Waals surface area (Å²) < 4.78 is 40.8. The Morgan fingerprint density at radius 3 is 2.38 bits per heavy atom. The van der Waals surface area contributed by atoms with Gasteiger partial charge in [-0.2, -0.15) is 5.10 Å². The molecule has 0 bridgehead atoms. The minimum absolute atomic E-state index is 0.0464. The molecule has 0 saturated heterocycles. The molecule has 0 spiro atoms. The zero-order valence-corrected chi connectivity index (χ0v) is 19.0. The summed E-state index contributed by atoms with van der Waals surface area (Å²) in [5.41, 5.74) is 4.59. The smallest absolute Gasteiger partial charge is 0.264 e. The first-order chi connectivity index (χ1) is 15.2. The molecule has 32 heavy (non-hydrogen) atoms. The Balaban J connectivity index is 1.89. The van der Waals surface area contributed by atoms with E-state index in [2.05, 4.69) is 10.5 Å². The Labute approximate surface area is 191 Å². The second kappa shape index (κ2) is 9.93. The van der Waals surface area contributed by atoms with Crippen LogP contribution in [0.4, 0.5) is 10.1 Å². The van der Waals surface area contributed by atoms with E-state index >= 15 is 0 Å². The number of amides is 1. The van der Waals surface area contributed by atoms with Gasteiger partial charge in [-0.3, -0.25) is 9.10 Å². The van der Waals surface area contributed by atoms with Gasteiger partial charge >= 0.3 is 0 Å². The molecule has 0 saturated carbocycles. The van der Waals surface area contributed by atoms with Crippen molar-refractivity contribution in [1.82, 2.24) is 5.43 Å². The van der Waals surface area contributed by atoms with Gasteiger partial charge in [0.15, 0.2) is 0 Å². The Morgan fingerprint density at radius 1 is 1.06 bits per heavy atom. The van der Waals surface area contributed by atoms with Crippen LogP contribution in [0, 0.1) is 19.7 Å². The molecule has 0 aliphatic carbocycles. The van der Waals surface area contributed by atoms with E-state index in [1.165, 1.54) is 42.6 Å². The zero-order chi connectivity index (χ0) is 23.3. The maximum atomic E-state index is 13.4. The van der Waals surface area contributed by atoms with Crippen molar-refractivity contribution >= 4 is 39.4 Å². The van der Waals surface area contributed by atoms with E-state index < -0.39 is 22.5 Å². The topological polar surface area (TPSA) is 78.8 Å². The van der Waals surface area contributed by atoms with E-state index in [-0.39, 0.29) is 16.4 Å². The van der Waals surface area contributed by atoms with Crippen molar-refractivity contribution in [3.05, 3.63) is 94.3 Å². The van der Waals surface area contributed by atoms with Gasteiger partial charge in [-0.1, -0.05) is 47.5 Å². The van der Waals surface area contributed by atoms with Crippen molar-refractivity contribution in [2.24, 2.45) is 5.10 Å². The number of benzene rings is 3. The highest BCUT2D eigenvalue weighted by atomic mass is 35.5. The fourth-order valence-corrected chi connectivity index (χ4v) is 4.54. The van der Waals surface area contributed by atoms with Crippen molar-refractivity contribution < 1.29 is 17.6 Å². The van der Waals surface area contributed by atoms with Gasteiger partial charge < -0.3 is 0 Å². The molecule has 9 heteroatoms. The van der Waals surface area contributed by atoms with Gasteiger partial charge in [0.05, 0.1) is 16.8 Å². The van der Waals surface area contributed by atoms with Crippen LogP contribution in [0.5, 0.6) is 0 Å². The second-order valence-corrected chi connectivity index (χ2v) is 9.32. The monoisotopic (exact) mass is 473 g/mol. The lowest BCUT2D eigenvalue weighted by Gasteiger charge is -2.25. The van der Waals surface area contributed by atoms with Gasteiger partial charge in [0, 0.05) is 5.02 Å². The molecule has 0 aliphatic rings. The number of aryl methyl sites for hydroxylation is 1. The predicted octanol–water partition coefficient (Wildman–Crippen LogP) is 4.44. The fraction of sp³-hybridized carbons (Fsp3) is 0.130. The molecule has 0 heterocycles. The summed E-state index contributed by atoms with van der Waals surface area (Å²) in [4.78, 5) is 12.6. The predicted molar refractivity (Wildman–Crippen MR) is 124 cm³/mol. The minimum Gasteiger partial charge on any atom is -0.271 e. The van der Waals surface area contributed by atoms with Crippen LogP contribution < -0.4 is 9.73 Å². The number of carbonyl (C=O) groups is 1. The third kappa shape index (κ3) is 5.52. The lowest BCUT2D eigenvalue weighted by atomic mass is 10.2. The first-order valence-corrected chi connectivity index (χ1v) is 11.4. The van der Waals surface area contributed by atoms with Crippen LogP contribution in [0.2, 0.25) is 5.02 Å². The van der Waals surface area contributed by atoms with Gasteiger partial charge in [0.2, 0.25) is 0 Å². The molecule has 6 nitrogen and oxygen atoms in total. The first-order valence-electron chi connectivity index (χ1n) is 9.60. The number of sulfonamides is 1. The van der Waals surface area contributed by atoms with E-state index in [1.54, 1.807) is 37.3 Å². The normalized spacial score (nSPS) is 11.5. The van der Waals surface area contributed by atoms with Crippen molar-refractivity contribution in [2.45, 2.75) is 18.7 Å². The number of nitrogens with zero attached hydrogens (tertiary/aromatic N) is 2. The Bertz CT molecular complexity index is 1240. The van der Waals surface area contributed by atoms with E-state index in [1.807, 2.05) is 6.92 Å². The molecule has 3 aromatic carbocycles. The van der Waals surface area contributed by atoms with E-state index in [4.69, 9.17) is 11.6 Å². The average molecular weight is 474 g/mol. The second-order valence-electron chi connectivity index (χ2n) is 7.05. The fourth-order valence-electron chi connectivity index (χ4n) is 2.90. The Morgan fingerprint density at radius 2 is 1.72 bits per heavy atom. The highest BCUT2D eigenvalue weighted by molar-refractivity contribution is 7.92.